The summed E-state index contributed by atoms with van der Waals surface area (Å²) in [4.78, 5) is 26.0. The standard InChI is InChI=1S/C20H21NO5/c22-17-11-12-21(20(24)26-14-16-9-5-2-6-10-16)18(17)19(23)25-13-15-7-3-1-4-8-15/h1-10,17-18,22H,11-14H2/t17-,18+/m1/s1. The van der Waals surface area contributed by atoms with Gasteiger partial charge in [-0.3, -0.25) is 4.90 Å². The van der Waals surface area contributed by atoms with Gasteiger partial charge >= 0.3 is 12.1 Å². The molecule has 1 heterocycles. The highest BCUT2D eigenvalue weighted by Crippen LogP contribution is 2.21. The molecule has 1 N–H and O–H groups in total. The van der Waals surface area contributed by atoms with Crippen molar-refractivity contribution in [2.45, 2.75) is 31.8 Å². The number of rotatable bonds is 5. The van der Waals surface area contributed by atoms with Crippen LogP contribution >= 0.6 is 0 Å². The second kappa shape index (κ2) is 8.49. The molecule has 1 fully saturated rings. The van der Waals surface area contributed by atoms with Crippen LogP contribution in [0.2, 0.25) is 0 Å². The van der Waals surface area contributed by atoms with Gasteiger partial charge < -0.3 is 14.6 Å². The van der Waals surface area contributed by atoms with Crippen LogP contribution in [0.3, 0.4) is 0 Å². The summed E-state index contributed by atoms with van der Waals surface area (Å²) in [6.07, 6.45) is -1.28. The van der Waals surface area contributed by atoms with Gasteiger partial charge in [-0.2, -0.15) is 0 Å². The molecule has 136 valence electrons. The van der Waals surface area contributed by atoms with Crippen LogP contribution in [0.4, 0.5) is 4.79 Å². The molecule has 2 aromatic rings. The zero-order valence-electron chi connectivity index (χ0n) is 14.3. The minimum Gasteiger partial charge on any atom is -0.459 e. The first kappa shape index (κ1) is 17.9. The monoisotopic (exact) mass is 355 g/mol. The summed E-state index contributed by atoms with van der Waals surface area (Å²) in [5, 5.41) is 10.1. The van der Waals surface area contributed by atoms with Gasteiger partial charge in [-0.1, -0.05) is 60.7 Å². The van der Waals surface area contributed by atoms with Gasteiger partial charge in [0.05, 0.1) is 6.10 Å². The van der Waals surface area contributed by atoms with Gasteiger partial charge in [-0.05, 0) is 17.5 Å². The highest BCUT2D eigenvalue weighted by molar-refractivity contribution is 5.82. The first-order valence-corrected chi connectivity index (χ1v) is 8.51. The maximum Gasteiger partial charge on any atom is 0.410 e. The summed E-state index contributed by atoms with van der Waals surface area (Å²) >= 11 is 0. The van der Waals surface area contributed by atoms with E-state index in [9.17, 15) is 14.7 Å². The summed E-state index contributed by atoms with van der Waals surface area (Å²) in [6.45, 7) is 0.452. The van der Waals surface area contributed by atoms with Crippen LogP contribution in [0.15, 0.2) is 60.7 Å². The van der Waals surface area contributed by atoms with E-state index in [2.05, 4.69) is 0 Å². The van der Waals surface area contributed by atoms with Crippen LogP contribution in [0, 0.1) is 0 Å². The van der Waals surface area contributed by atoms with Crippen molar-refractivity contribution >= 4 is 12.1 Å². The summed E-state index contributed by atoms with van der Waals surface area (Å²) in [5.74, 6) is -0.629. The Morgan fingerprint density at radius 3 is 2.04 bits per heavy atom. The molecule has 0 unspecified atom stereocenters. The molecule has 0 radical (unpaired) electrons. The van der Waals surface area contributed by atoms with Crippen LogP contribution in [0.5, 0.6) is 0 Å². The SMILES string of the molecule is O=C(OCc1ccccc1)[C@@H]1[C@H](O)CCN1C(=O)OCc1ccccc1. The minimum atomic E-state index is -1.04. The Labute approximate surface area is 152 Å². The van der Waals surface area contributed by atoms with E-state index in [1.54, 1.807) is 0 Å². The van der Waals surface area contributed by atoms with E-state index in [1.807, 2.05) is 60.7 Å². The number of aliphatic hydroxyl groups is 1. The number of esters is 1. The molecule has 6 heteroatoms. The topological polar surface area (TPSA) is 76.1 Å². The first-order valence-electron chi connectivity index (χ1n) is 8.51. The molecule has 1 aliphatic heterocycles. The van der Waals surface area contributed by atoms with Gasteiger partial charge in [0.1, 0.15) is 13.2 Å². The molecule has 3 rings (SSSR count). The van der Waals surface area contributed by atoms with Crippen LogP contribution in [0.25, 0.3) is 0 Å². The molecule has 2 aromatic carbocycles. The third kappa shape index (κ3) is 4.40. The number of carbonyl (C=O) groups is 2. The number of hydrogen-bond donors (Lipinski definition) is 1. The third-order valence-corrected chi connectivity index (χ3v) is 4.27. The smallest absolute Gasteiger partial charge is 0.410 e. The highest BCUT2D eigenvalue weighted by Gasteiger charge is 2.43. The van der Waals surface area contributed by atoms with Crippen LogP contribution in [-0.4, -0.2) is 40.8 Å². The van der Waals surface area contributed by atoms with Crippen LogP contribution in [0.1, 0.15) is 17.5 Å². The van der Waals surface area contributed by atoms with E-state index in [4.69, 9.17) is 9.47 Å². The average molecular weight is 355 g/mol. The number of aliphatic hydroxyl groups excluding tert-OH is 1. The quantitative estimate of drug-likeness (QED) is 0.834. The Bertz CT molecular complexity index is 734. The van der Waals surface area contributed by atoms with Crippen molar-refractivity contribution in [1.82, 2.24) is 4.90 Å². The second-order valence-corrected chi connectivity index (χ2v) is 6.13. The number of amides is 1. The van der Waals surface area contributed by atoms with Crippen molar-refractivity contribution in [2.24, 2.45) is 0 Å². The molecule has 2 atom stereocenters. The van der Waals surface area contributed by atoms with Crippen molar-refractivity contribution < 1.29 is 24.2 Å². The number of hydrogen-bond acceptors (Lipinski definition) is 5. The molecule has 0 saturated carbocycles. The lowest BCUT2D eigenvalue weighted by molar-refractivity contribution is -0.152. The number of ether oxygens (including phenoxy) is 2. The predicted octanol–water partition coefficient (Wildman–Crippen LogP) is 2.50. The molecule has 1 amide bonds. The molecule has 1 saturated heterocycles. The molecular formula is C20H21NO5. The summed E-state index contributed by atoms with van der Waals surface area (Å²) in [5.41, 5.74) is 1.69. The lowest BCUT2D eigenvalue weighted by atomic mass is 10.2. The van der Waals surface area contributed by atoms with Gasteiger partial charge in [0.15, 0.2) is 6.04 Å². The first-order chi connectivity index (χ1) is 12.6. The molecule has 6 nitrogen and oxygen atoms in total. The van der Waals surface area contributed by atoms with Gasteiger partial charge in [0, 0.05) is 6.54 Å². The van der Waals surface area contributed by atoms with E-state index in [0.717, 1.165) is 11.1 Å². The summed E-state index contributed by atoms with van der Waals surface area (Å²) in [6, 6.07) is 17.5. The lowest BCUT2D eigenvalue weighted by Gasteiger charge is -2.24. The number of nitrogens with zero attached hydrogens (tertiary/aromatic N) is 1. The van der Waals surface area contributed by atoms with Crippen molar-refractivity contribution in [3.05, 3.63) is 71.8 Å². The maximum absolute atomic E-state index is 12.4. The van der Waals surface area contributed by atoms with E-state index >= 15 is 0 Å². The average Bonchev–Trinajstić information content (AvgIpc) is 3.07. The Kier molecular flexibility index (Phi) is 5.86. The predicted molar refractivity (Wildman–Crippen MR) is 94.0 cm³/mol. The fourth-order valence-electron chi connectivity index (χ4n) is 2.88. The van der Waals surface area contributed by atoms with Gasteiger partial charge in [-0.15, -0.1) is 0 Å². The van der Waals surface area contributed by atoms with Crippen molar-refractivity contribution in [3.63, 3.8) is 0 Å². The van der Waals surface area contributed by atoms with Crippen LogP contribution < -0.4 is 0 Å². The molecular weight excluding hydrogens is 334 g/mol. The Hall–Kier alpha value is -2.86. The zero-order valence-corrected chi connectivity index (χ0v) is 14.3. The third-order valence-electron chi connectivity index (χ3n) is 4.27. The summed E-state index contributed by atoms with van der Waals surface area (Å²) in [7, 11) is 0. The highest BCUT2D eigenvalue weighted by atomic mass is 16.6. The van der Waals surface area contributed by atoms with Crippen LogP contribution in [-0.2, 0) is 27.5 Å². The molecule has 0 aromatic heterocycles. The second-order valence-electron chi connectivity index (χ2n) is 6.13. The molecule has 0 aliphatic carbocycles. The number of carbonyl (C=O) groups excluding carboxylic acids is 2. The fourth-order valence-corrected chi connectivity index (χ4v) is 2.88. The van der Waals surface area contributed by atoms with E-state index < -0.39 is 24.2 Å². The molecule has 26 heavy (non-hydrogen) atoms. The Morgan fingerprint density at radius 1 is 0.923 bits per heavy atom. The normalized spacial score (nSPS) is 19.2. The molecule has 1 aliphatic rings. The van der Waals surface area contributed by atoms with Crippen molar-refractivity contribution in [3.8, 4) is 0 Å². The van der Waals surface area contributed by atoms with Gasteiger partial charge in [0.25, 0.3) is 0 Å². The molecule has 0 bridgehead atoms. The van der Waals surface area contributed by atoms with E-state index in [1.165, 1.54) is 4.90 Å². The van der Waals surface area contributed by atoms with Gasteiger partial charge in [-0.25, -0.2) is 9.59 Å². The van der Waals surface area contributed by atoms with E-state index in [0.29, 0.717) is 6.42 Å². The Morgan fingerprint density at radius 2 is 1.46 bits per heavy atom. The maximum atomic E-state index is 12.4. The lowest BCUT2D eigenvalue weighted by Crippen LogP contribution is -2.46. The van der Waals surface area contributed by atoms with Crippen molar-refractivity contribution in [1.29, 1.82) is 0 Å². The number of likely N-dealkylation sites (tertiary alicyclic amines) is 1. The van der Waals surface area contributed by atoms with Gasteiger partial charge in [0.2, 0.25) is 0 Å². The largest absolute Gasteiger partial charge is 0.459 e. The zero-order chi connectivity index (χ0) is 18.4. The van der Waals surface area contributed by atoms with Crippen molar-refractivity contribution in [2.75, 3.05) is 6.54 Å². The summed E-state index contributed by atoms with van der Waals surface area (Å²) < 4.78 is 10.5. The van der Waals surface area contributed by atoms with E-state index in [-0.39, 0.29) is 19.8 Å². The Balaban J connectivity index is 1.57. The molecule has 0 spiro atoms. The number of benzene rings is 2. The fraction of sp³-hybridized carbons (Fsp3) is 0.300. The minimum absolute atomic E-state index is 0.0931.